The van der Waals surface area contributed by atoms with Crippen molar-refractivity contribution in [3.63, 3.8) is 0 Å². The molecule has 148 valence electrons. The summed E-state index contributed by atoms with van der Waals surface area (Å²) in [5, 5.41) is 4.47. The molecule has 1 saturated heterocycles. The molecule has 7 heteroatoms. The summed E-state index contributed by atoms with van der Waals surface area (Å²) in [6.45, 7) is 9.22. The van der Waals surface area contributed by atoms with Crippen LogP contribution in [0.2, 0.25) is 0 Å². The van der Waals surface area contributed by atoms with Crippen molar-refractivity contribution in [2.45, 2.75) is 46.0 Å². The number of aromatic nitrogens is 2. The second-order valence-electron chi connectivity index (χ2n) is 7.37. The molecule has 0 atom stereocenters. The Hall–Kier alpha value is -1.73. The summed E-state index contributed by atoms with van der Waals surface area (Å²) in [6.07, 6.45) is 7.66. The molecule has 0 saturated carbocycles. The summed E-state index contributed by atoms with van der Waals surface area (Å²) in [7, 11) is 1.88. The highest BCUT2D eigenvalue weighted by molar-refractivity contribution is 7.20. The molecule has 0 aromatic carbocycles. The average Bonchev–Trinajstić information content (AvgIpc) is 3.04. The second kappa shape index (κ2) is 9.46. The number of thiophene rings is 1. The van der Waals surface area contributed by atoms with Gasteiger partial charge in [-0.25, -0.2) is 9.97 Å². The minimum atomic E-state index is 0.0863. The number of piperidine rings is 1. The smallest absolute Gasteiger partial charge is 0.264 e. The van der Waals surface area contributed by atoms with E-state index in [9.17, 15) is 4.79 Å². The SMILES string of the molecule is CCCCN(C)C(=O)c1sc2ncnc(NCCN3CCCCC3)c2c1C. The minimum Gasteiger partial charge on any atom is -0.368 e. The van der Waals surface area contributed by atoms with Crippen LogP contribution in [0.5, 0.6) is 0 Å². The Morgan fingerprint density at radius 2 is 2.07 bits per heavy atom. The first-order chi connectivity index (χ1) is 13.1. The number of carbonyl (C=O) groups excluding carboxylic acids is 1. The zero-order valence-corrected chi connectivity index (χ0v) is 17.6. The quantitative estimate of drug-likeness (QED) is 0.745. The fourth-order valence-corrected chi connectivity index (χ4v) is 4.74. The van der Waals surface area contributed by atoms with Crippen LogP contribution in [-0.4, -0.2) is 65.4 Å². The van der Waals surface area contributed by atoms with Gasteiger partial charge >= 0.3 is 0 Å². The Bertz CT molecular complexity index is 769. The fourth-order valence-electron chi connectivity index (χ4n) is 3.60. The molecule has 6 nitrogen and oxygen atoms in total. The van der Waals surface area contributed by atoms with E-state index in [0.29, 0.717) is 0 Å². The van der Waals surface area contributed by atoms with Crippen LogP contribution in [0.1, 0.15) is 54.3 Å². The first-order valence-electron chi connectivity index (χ1n) is 10.1. The molecular weight excluding hydrogens is 358 g/mol. The molecule has 1 amide bonds. The van der Waals surface area contributed by atoms with E-state index in [-0.39, 0.29) is 5.91 Å². The van der Waals surface area contributed by atoms with Gasteiger partial charge in [-0.1, -0.05) is 19.8 Å². The van der Waals surface area contributed by atoms with Crippen LogP contribution in [-0.2, 0) is 0 Å². The van der Waals surface area contributed by atoms with Crippen molar-refractivity contribution in [3.05, 3.63) is 16.8 Å². The Labute approximate surface area is 166 Å². The third-order valence-corrected chi connectivity index (χ3v) is 6.47. The number of hydrogen-bond donors (Lipinski definition) is 1. The molecule has 1 aliphatic heterocycles. The van der Waals surface area contributed by atoms with Crippen LogP contribution in [0.25, 0.3) is 10.2 Å². The molecule has 3 heterocycles. The molecule has 0 aliphatic carbocycles. The number of rotatable bonds is 8. The number of amides is 1. The highest BCUT2D eigenvalue weighted by Crippen LogP contribution is 2.33. The fraction of sp³-hybridized carbons (Fsp3) is 0.650. The largest absolute Gasteiger partial charge is 0.368 e. The third kappa shape index (κ3) is 4.76. The summed E-state index contributed by atoms with van der Waals surface area (Å²) in [5.41, 5.74) is 0.990. The Morgan fingerprint density at radius 3 is 2.81 bits per heavy atom. The number of anilines is 1. The van der Waals surface area contributed by atoms with Crippen molar-refractivity contribution in [1.29, 1.82) is 0 Å². The van der Waals surface area contributed by atoms with Crippen molar-refractivity contribution in [2.24, 2.45) is 0 Å². The zero-order valence-electron chi connectivity index (χ0n) is 16.8. The number of nitrogens with zero attached hydrogens (tertiary/aromatic N) is 4. The van der Waals surface area contributed by atoms with E-state index in [2.05, 4.69) is 27.1 Å². The molecule has 1 fully saturated rings. The maximum Gasteiger partial charge on any atom is 0.264 e. The Balaban J connectivity index is 1.73. The lowest BCUT2D eigenvalue weighted by Crippen LogP contribution is -2.33. The molecular formula is C20H31N5OS. The molecule has 2 aromatic rings. The van der Waals surface area contributed by atoms with Crippen molar-refractivity contribution < 1.29 is 4.79 Å². The van der Waals surface area contributed by atoms with Gasteiger partial charge < -0.3 is 15.1 Å². The predicted molar refractivity (Wildman–Crippen MR) is 113 cm³/mol. The van der Waals surface area contributed by atoms with Crippen LogP contribution in [0.4, 0.5) is 5.82 Å². The zero-order chi connectivity index (χ0) is 19.2. The summed E-state index contributed by atoms with van der Waals surface area (Å²) < 4.78 is 0. The number of hydrogen-bond acceptors (Lipinski definition) is 6. The van der Waals surface area contributed by atoms with Crippen molar-refractivity contribution in [1.82, 2.24) is 19.8 Å². The van der Waals surface area contributed by atoms with Gasteiger partial charge in [0.1, 0.15) is 17.0 Å². The van der Waals surface area contributed by atoms with Crippen LogP contribution in [0.3, 0.4) is 0 Å². The maximum atomic E-state index is 12.8. The number of likely N-dealkylation sites (tertiary alicyclic amines) is 1. The maximum absolute atomic E-state index is 12.8. The van der Waals surface area contributed by atoms with E-state index in [1.807, 2.05) is 18.9 Å². The van der Waals surface area contributed by atoms with E-state index < -0.39 is 0 Å². The normalized spacial score (nSPS) is 15.2. The van der Waals surface area contributed by atoms with E-state index in [1.54, 1.807) is 6.33 Å². The van der Waals surface area contributed by atoms with Gasteiger partial charge in [-0.3, -0.25) is 4.79 Å². The first-order valence-corrected chi connectivity index (χ1v) is 10.9. The predicted octanol–water partition coefficient (Wildman–Crippen LogP) is 3.77. The number of unbranched alkanes of at least 4 members (excludes halogenated alkanes) is 1. The number of fused-ring (bicyclic) bond motifs is 1. The van der Waals surface area contributed by atoms with E-state index in [0.717, 1.165) is 59.0 Å². The molecule has 0 bridgehead atoms. The van der Waals surface area contributed by atoms with Gasteiger partial charge in [0.05, 0.1) is 10.3 Å². The second-order valence-corrected chi connectivity index (χ2v) is 8.37. The number of carbonyl (C=O) groups is 1. The molecule has 0 spiro atoms. The highest BCUT2D eigenvalue weighted by Gasteiger charge is 2.21. The molecule has 27 heavy (non-hydrogen) atoms. The Kier molecular flexibility index (Phi) is 7.01. The van der Waals surface area contributed by atoms with Gasteiger partial charge in [0.25, 0.3) is 5.91 Å². The summed E-state index contributed by atoms with van der Waals surface area (Å²) >= 11 is 1.48. The number of aryl methyl sites for hydroxylation is 1. The van der Waals surface area contributed by atoms with Gasteiger partial charge in [-0.15, -0.1) is 11.3 Å². The van der Waals surface area contributed by atoms with Gasteiger partial charge in [0.2, 0.25) is 0 Å². The van der Waals surface area contributed by atoms with Gasteiger partial charge in [-0.2, -0.15) is 0 Å². The van der Waals surface area contributed by atoms with E-state index in [1.165, 1.54) is 43.7 Å². The molecule has 3 rings (SSSR count). The van der Waals surface area contributed by atoms with Crippen LogP contribution in [0.15, 0.2) is 6.33 Å². The third-order valence-electron chi connectivity index (χ3n) is 5.28. The van der Waals surface area contributed by atoms with Crippen LogP contribution < -0.4 is 5.32 Å². The standard InChI is InChI=1S/C20H31N5OS/c1-4-5-10-24(3)20(26)17-15(2)16-18(22-14-23-19(16)27-17)21-9-13-25-11-7-6-8-12-25/h14H,4-13H2,1-3H3,(H,21,22,23). The monoisotopic (exact) mass is 389 g/mol. The van der Waals surface area contributed by atoms with E-state index >= 15 is 0 Å². The highest BCUT2D eigenvalue weighted by atomic mass is 32.1. The van der Waals surface area contributed by atoms with Crippen molar-refractivity contribution in [2.75, 3.05) is 45.1 Å². The molecule has 0 radical (unpaired) electrons. The topological polar surface area (TPSA) is 61.4 Å². The van der Waals surface area contributed by atoms with E-state index in [4.69, 9.17) is 0 Å². The van der Waals surface area contributed by atoms with Crippen molar-refractivity contribution in [3.8, 4) is 0 Å². The lowest BCUT2D eigenvalue weighted by Gasteiger charge is -2.26. The first kappa shape index (κ1) is 20.0. The number of nitrogens with one attached hydrogen (secondary N) is 1. The molecule has 0 unspecified atom stereocenters. The Morgan fingerprint density at radius 1 is 1.30 bits per heavy atom. The molecule has 1 N–H and O–H groups in total. The van der Waals surface area contributed by atoms with Gasteiger partial charge in [0, 0.05) is 26.7 Å². The lowest BCUT2D eigenvalue weighted by molar-refractivity contribution is 0.0797. The van der Waals surface area contributed by atoms with Crippen LogP contribution in [0, 0.1) is 6.92 Å². The molecule has 1 aliphatic rings. The summed E-state index contributed by atoms with van der Waals surface area (Å²) in [5.74, 6) is 0.934. The van der Waals surface area contributed by atoms with Crippen LogP contribution >= 0.6 is 11.3 Å². The summed E-state index contributed by atoms with van der Waals surface area (Å²) in [6, 6.07) is 0. The lowest BCUT2D eigenvalue weighted by atomic mass is 10.1. The summed E-state index contributed by atoms with van der Waals surface area (Å²) in [4.78, 5) is 27.7. The van der Waals surface area contributed by atoms with Gasteiger partial charge in [-0.05, 0) is 44.8 Å². The average molecular weight is 390 g/mol. The minimum absolute atomic E-state index is 0.0863. The molecule has 2 aromatic heterocycles. The van der Waals surface area contributed by atoms with Gasteiger partial charge in [0.15, 0.2) is 0 Å². The van der Waals surface area contributed by atoms with Crippen molar-refractivity contribution >= 4 is 33.3 Å².